The maximum atomic E-state index is 4.08. The van der Waals surface area contributed by atoms with Crippen LogP contribution in [0.2, 0.25) is 0 Å². The van der Waals surface area contributed by atoms with Crippen LogP contribution in [0.5, 0.6) is 0 Å². The van der Waals surface area contributed by atoms with Gasteiger partial charge in [0.15, 0.2) is 0 Å². The lowest BCUT2D eigenvalue weighted by atomic mass is 10.1. The molecule has 2 aromatic rings. The van der Waals surface area contributed by atoms with E-state index in [0.29, 0.717) is 6.04 Å². The Bertz CT molecular complexity index is 507. The Morgan fingerprint density at radius 3 is 2.71 bits per heavy atom. The van der Waals surface area contributed by atoms with E-state index in [4.69, 9.17) is 0 Å². The molecule has 0 aliphatic rings. The van der Waals surface area contributed by atoms with Gasteiger partial charge in [0.25, 0.3) is 0 Å². The molecule has 4 nitrogen and oxygen atoms in total. The van der Waals surface area contributed by atoms with Gasteiger partial charge in [-0.1, -0.05) is 56.4 Å². The van der Waals surface area contributed by atoms with Gasteiger partial charge in [0, 0.05) is 6.04 Å². The van der Waals surface area contributed by atoms with Crippen molar-refractivity contribution < 1.29 is 0 Å². The summed E-state index contributed by atoms with van der Waals surface area (Å²) in [5.41, 5.74) is 2.16. The van der Waals surface area contributed by atoms with E-state index < -0.39 is 0 Å². The molecule has 1 aromatic carbocycles. The molecule has 0 saturated heterocycles. The fourth-order valence-electron chi connectivity index (χ4n) is 2.52. The zero-order chi connectivity index (χ0) is 14.9. The molecule has 0 amide bonds. The summed E-state index contributed by atoms with van der Waals surface area (Å²) in [7, 11) is 0. The van der Waals surface area contributed by atoms with E-state index in [9.17, 15) is 0 Å². The molecule has 1 aromatic heterocycles. The molecule has 0 aliphatic heterocycles. The van der Waals surface area contributed by atoms with Crippen LogP contribution in [0.25, 0.3) is 5.69 Å². The summed E-state index contributed by atoms with van der Waals surface area (Å²) in [4.78, 5) is 0. The molecule has 0 radical (unpaired) electrons. The summed E-state index contributed by atoms with van der Waals surface area (Å²) in [6.07, 6.45) is 11.4. The minimum atomic E-state index is 0.469. The number of rotatable bonds is 9. The third-order valence-electron chi connectivity index (χ3n) is 3.72. The van der Waals surface area contributed by atoms with Gasteiger partial charge in [0.2, 0.25) is 0 Å². The third-order valence-corrected chi connectivity index (χ3v) is 3.72. The standard InChI is InChI=1S/C17H26N4/c1-3-4-5-6-7-10-15(2)19-16-11-8-9-12-17(16)21-14-13-18-20-21/h8-9,11-15,19H,3-7,10H2,1-2H3. The largest absolute Gasteiger partial charge is 0.381 e. The lowest BCUT2D eigenvalue weighted by Gasteiger charge is -2.17. The van der Waals surface area contributed by atoms with Gasteiger partial charge in [0.1, 0.15) is 0 Å². The first kappa shape index (κ1) is 15.5. The van der Waals surface area contributed by atoms with Crippen molar-refractivity contribution in [1.82, 2.24) is 15.0 Å². The smallest absolute Gasteiger partial charge is 0.0894 e. The Hall–Kier alpha value is -1.84. The topological polar surface area (TPSA) is 42.7 Å². The maximum absolute atomic E-state index is 4.08. The SMILES string of the molecule is CCCCCCCC(C)Nc1ccccc1-n1ccnn1. The van der Waals surface area contributed by atoms with Crippen LogP contribution in [0.4, 0.5) is 5.69 Å². The Morgan fingerprint density at radius 1 is 1.14 bits per heavy atom. The maximum Gasteiger partial charge on any atom is 0.0894 e. The summed E-state index contributed by atoms with van der Waals surface area (Å²) in [5.74, 6) is 0. The second kappa shape index (κ2) is 8.45. The van der Waals surface area contributed by atoms with Crippen LogP contribution in [0, 0.1) is 0 Å². The van der Waals surface area contributed by atoms with Gasteiger partial charge in [-0.25, -0.2) is 4.68 Å². The molecule has 1 N–H and O–H groups in total. The van der Waals surface area contributed by atoms with E-state index in [1.807, 2.05) is 12.3 Å². The minimum Gasteiger partial charge on any atom is -0.381 e. The summed E-state index contributed by atoms with van der Waals surface area (Å²) in [6.45, 7) is 4.50. The first-order chi connectivity index (χ1) is 10.3. The van der Waals surface area contributed by atoms with Crippen molar-refractivity contribution in [3.63, 3.8) is 0 Å². The summed E-state index contributed by atoms with van der Waals surface area (Å²) in [5, 5.41) is 11.6. The number of benzene rings is 1. The quantitative estimate of drug-likeness (QED) is 0.693. The van der Waals surface area contributed by atoms with Gasteiger partial charge in [-0.2, -0.15) is 0 Å². The first-order valence-electron chi connectivity index (χ1n) is 8.03. The van der Waals surface area contributed by atoms with E-state index in [0.717, 1.165) is 11.4 Å². The Labute approximate surface area is 127 Å². The molecule has 0 fully saturated rings. The van der Waals surface area contributed by atoms with Gasteiger partial charge >= 0.3 is 0 Å². The predicted molar refractivity (Wildman–Crippen MR) is 87.8 cm³/mol. The number of nitrogens with zero attached hydrogens (tertiary/aromatic N) is 3. The van der Waals surface area contributed by atoms with Crippen LogP contribution in [-0.4, -0.2) is 21.0 Å². The molecule has 114 valence electrons. The Balaban J connectivity index is 1.88. The van der Waals surface area contributed by atoms with Crippen molar-refractivity contribution in [2.75, 3.05) is 5.32 Å². The van der Waals surface area contributed by atoms with E-state index >= 15 is 0 Å². The fraction of sp³-hybridized carbons (Fsp3) is 0.529. The zero-order valence-electron chi connectivity index (χ0n) is 13.1. The normalized spacial score (nSPS) is 12.3. The van der Waals surface area contributed by atoms with Crippen LogP contribution in [0.1, 0.15) is 52.4 Å². The Morgan fingerprint density at radius 2 is 1.95 bits per heavy atom. The lowest BCUT2D eigenvalue weighted by molar-refractivity contribution is 0.578. The first-order valence-corrected chi connectivity index (χ1v) is 8.03. The van der Waals surface area contributed by atoms with Crippen LogP contribution >= 0.6 is 0 Å². The second-order valence-corrected chi connectivity index (χ2v) is 5.61. The Kier molecular flexibility index (Phi) is 6.25. The molecule has 1 atom stereocenters. The zero-order valence-corrected chi connectivity index (χ0v) is 13.1. The molecule has 0 saturated carbocycles. The van der Waals surface area contributed by atoms with Gasteiger partial charge in [-0.05, 0) is 25.5 Å². The average Bonchev–Trinajstić information content (AvgIpc) is 3.02. The monoisotopic (exact) mass is 286 g/mol. The number of hydrogen-bond donors (Lipinski definition) is 1. The fourth-order valence-corrected chi connectivity index (χ4v) is 2.52. The highest BCUT2D eigenvalue weighted by molar-refractivity contribution is 5.60. The third kappa shape index (κ3) is 4.88. The van der Waals surface area contributed by atoms with Crippen molar-refractivity contribution in [2.24, 2.45) is 0 Å². The minimum absolute atomic E-state index is 0.469. The number of para-hydroxylation sites is 2. The van der Waals surface area contributed by atoms with Crippen molar-refractivity contribution in [3.05, 3.63) is 36.7 Å². The molecule has 1 heterocycles. The van der Waals surface area contributed by atoms with Crippen LogP contribution < -0.4 is 5.32 Å². The molecule has 1 unspecified atom stereocenters. The molecule has 0 bridgehead atoms. The van der Waals surface area contributed by atoms with Crippen molar-refractivity contribution >= 4 is 5.69 Å². The van der Waals surface area contributed by atoms with E-state index in [-0.39, 0.29) is 0 Å². The molecule has 0 spiro atoms. The van der Waals surface area contributed by atoms with Crippen LogP contribution in [-0.2, 0) is 0 Å². The van der Waals surface area contributed by atoms with Crippen molar-refractivity contribution in [2.45, 2.75) is 58.4 Å². The lowest BCUT2D eigenvalue weighted by Crippen LogP contribution is -2.16. The van der Waals surface area contributed by atoms with Crippen LogP contribution in [0.3, 0.4) is 0 Å². The summed E-state index contributed by atoms with van der Waals surface area (Å²) < 4.78 is 1.80. The van der Waals surface area contributed by atoms with Gasteiger partial charge in [-0.3, -0.25) is 0 Å². The predicted octanol–water partition coefficient (Wildman–Crippen LogP) is 4.43. The molecule has 0 aliphatic carbocycles. The van der Waals surface area contributed by atoms with Crippen molar-refractivity contribution in [1.29, 1.82) is 0 Å². The summed E-state index contributed by atoms with van der Waals surface area (Å²) in [6, 6.07) is 8.71. The number of aromatic nitrogens is 3. The summed E-state index contributed by atoms with van der Waals surface area (Å²) >= 11 is 0. The molecule has 2 rings (SSSR count). The van der Waals surface area contributed by atoms with E-state index in [1.54, 1.807) is 10.9 Å². The highest BCUT2D eigenvalue weighted by atomic mass is 15.4. The number of nitrogens with one attached hydrogen (secondary N) is 1. The van der Waals surface area contributed by atoms with Gasteiger partial charge < -0.3 is 5.32 Å². The van der Waals surface area contributed by atoms with E-state index in [2.05, 4.69) is 47.7 Å². The van der Waals surface area contributed by atoms with Gasteiger partial charge in [-0.15, -0.1) is 5.10 Å². The van der Waals surface area contributed by atoms with Gasteiger partial charge in [0.05, 0.1) is 23.8 Å². The average molecular weight is 286 g/mol. The highest BCUT2D eigenvalue weighted by Crippen LogP contribution is 2.20. The number of hydrogen-bond acceptors (Lipinski definition) is 3. The molecular formula is C17H26N4. The second-order valence-electron chi connectivity index (χ2n) is 5.61. The molecule has 4 heteroatoms. The van der Waals surface area contributed by atoms with Crippen molar-refractivity contribution in [3.8, 4) is 5.69 Å². The number of anilines is 1. The van der Waals surface area contributed by atoms with Crippen LogP contribution in [0.15, 0.2) is 36.7 Å². The molecular weight excluding hydrogens is 260 g/mol. The number of unbranched alkanes of at least 4 members (excludes halogenated alkanes) is 4. The highest BCUT2D eigenvalue weighted by Gasteiger charge is 2.07. The van der Waals surface area contributed by atoms with E-state index in [1.165, 1.54) is 38.5 Å². The molecule has 21 heavy (non-hydrogen) atoms.